The Kier molecular flexibility index (Phi) is 4.98. The lowest BCUT2D eigenvalue weighted by molar-refractivity contribution is 0.0276. The van der Waals surface area contributed by atoms with Gasteiger partial charge in [-0.3, -0.25) is 4.79 Å². The largest absolute Gasteiger partial charge is 0.457 e. The second-order valence-corrected chi connectivity index (χ2v) is 5.78. The highest BCUT2D eigenvalue weighted by molar-refractivity contribution is 5.89. The highest BCUT2D eigenvalue weighted by Crippen LogP contribution is 2.15. The molecule has 118 valence electrons. The average molecular weight is 303 g/mol. The summed E-state index contributed by atoms with van der Waals surface area (Å²) in [5.74, 6) is -0.663. The number of hydrogen-bond donors (Lipinski definition) is 0. The molecule has 1 unspecified atom stereocenters. The minimum Gasteiger partial charge on any atom is -0.457 e. The van der Waals surface area contributed by atoms with Crippen LogP contribution in [0.25, 0.3) is 11.0 Å². The third kappa shape index (κ3) is 3.95. The second kappa shape index (κ2) is 6.75. The predicted octanol–water partition coefficient (Wildman–Crippen LogP) is 2.60. The number of benzene rings is 1. The molecule has 0 aliphatic heterocycles. The minimum atomic E-state index is -0.606. The molecule has 22 heavy (non-hydrogen) atoms. The van der Waals surface area contributed by atoms with Crippen LogP contribution in [0.1, 0.15) is 29.5 Å². The van der Waals surface area contributed by atoms with Crippen LogP contribution >= 0.6 is 0 Å². The molecule has 1 aromatic heterocycles. The molecule has 0 radical (unpaired) electrons. The molecule has 0 aliphatic rings. The van der Waals surface area contributed by atoms with E-state index in [-0.39, 0.29) is 17.3 Å². The van der Waals surface area contributed by atoms with Crippen molar-refractivity contribution < 1.29 is 13.9 Å². The molecule has 0 N–H and O–H groups in total. The van der Waals surface area contributed by atoms with Crippen molar-refractivity contribution in [2.24, 2.45) is 0 Å². The number of aryl methyl sites for hydroxylation is 1. The number of esters is 1. The van der Waals surface area contributed by atoms with Crippen LogP contribution in [0.3, 0.4) is 0 Å². The number of rotatable bonds is 5. The zero-order chi connectivity index (χ0) is 16.3. The van der Waals surface area contributed by atoms with E-state index in [1.165, 1.54) is 6.07 Å². The van der Waals surface area contributed by atoms with Gasteiger partial charge in [0.2, 0.25) is 5.76 Å². The maximum Gasteiger partial charge on any atom is 0.374 e. The van der Waals surface area contributed by atoms with Crippen LogP contribution in [0.5, 0.6) is 0 Å². The van der Waals surface area contributed by atoms with Crippen molar-refractivity contribution in [1.29, 1.82) is 0 Å². The Morgan fingerprint density at radius 2 is 2.05 bits per heavy atom. The summed E-state index contributed by atoms with van der Waals surface area (Å²) in [6.45, 7) is 4.53. The number of fused-ring (bicyclic) bond motifs is 1. The SMILES string of the molecule is Cc1ccc2oc(C(=O)OC(C)CCN(C)C)cc(=O)c2c1. The summed E-state index contributed by atoms with van der Waals surface area (Å²) in [5.41, 5.74) is 1.12. The maximum absolute atomic E-state index is 12.1. The third-order valence-corrected chi connectivity index (χ3v) is 3.37. The molecule has 0 spiro atoms. The Balaban J connectivity index is 2.18. The van der Waals surface area contributed by atoms with Crippen LogP contribution in [0.15, 0.2) is 33.5 Å². The molecule has 0 bridgehead atoms. The molecule has 5 nitrogen and oxygen atoms in total. The molecule has 5 heteroatoms. The summed E-state index contributed by atoms with van der Waals surface area (Å²) in [6, 6.07) is 6.47. The van der Waals surface area contributed by atoms with E-state index < -0.39 is 5.97 Å². The monoisotopic (exact) mass is 303 g/mol. The standard InChI is InChI=1S/C17H21NO4/c1-11-5-6-15-13(9-11)14(19)10-16(22-15)17(20)21-12(2)7-8-18(3)4/h5-6,9-10,12H,7-8H2,1-4H3. The van der Waals surface area contributed by atoms with Gasteiger partial charge in [-0.05, 0) is 46.5 Å². The fourth-order valence-corrected chi connectivity index (χ4v) is 2.11. The third-order valence-electron chi connectivity index (χ3n) is 3.37. The van der Waals surface area contributed by atoms with Gasteiger partial charge in [-0.1, -0.05) is 11.6 Å². The quantitative estimate of drug-likeness (QED) is 0.795. The number of ether oxygens (including phenoxy) is 1. The van der Waals surface area contributed by atoms with E-state index in [9.17, 15) is 9.59 Å². The van der Waals surface area contributed by atoms with Gasteiger partial charge < -0.3 is 14.1 Å². The fraction of sp³-hybridized carbons (Fsp3) is 0.412. The maximum atomic E-state index is 12.1. The highest BCUT2D eigenvalue weighted by Gasteiger charge is 2.17. The van der Waals surface area contributed by atoms with Crippen molar-refractivity contribution in [2.45, 2.75) is 26.4 Å². The van der Waals surface area contributed by atoms with Crippen LogP contribution in [0, 0.1) is 6.92 Å². The van der Waals surface area contributed by atoms with Crippen LogP contribution in [-0.2, 0) is 4.74 Å². The molecule has 0 saturated heterocycles. The average Bonchev–Trinajstić information content (AvgIpc) is 2.45. The van der Waals surface area contributed by atoms with Crippen LogP contribution in [-0.4, -0.2) is 37.6 Å². The summed E-state index contributed by atoms with van der Waals surface area (Å²) in [5, 5.41) is 0.470. The van der Waals surface area contributed by atoms with Gasteiger partial charge >= 0.3 is 5.97 Å². The number of hydrogen-bond acceptors (Lipinski definition) is 5. The van der Waals surface area contributed by atoms with Gasteiger partial charge in [0.15, 0.2) is 5.43 Å². The Labute approximate surface area is 129 Å². The number of nitrogens with zero attached hydrogens (tertiary/aromatic N) is 1. The van der Waals surface area contributed by atoms with Crippen LogP contribution in [0.4, 0.5) is 0 Å². The second-order valence-electron chi connectivity index (χ2n) is 5.78. The fourth-order valence-electron chi connectivity index (χ4n) is 2.11. The predicted molar refractivity (Wildman–Crippen MR) is 85.3 cm³/mol. The first-order valence-corrected chi connectivity index (χ1v) is 7.27. The van der Waals surface area contributed by atoms with Gasteiger partial charge in [0.05, 0.1) is 5.39 Å². The van der Waals surface area contributed by atoms with Gasteiger partial charge in [0.1, 0.15) is 11.7 Å². The van der Waals surface area contributed by atoms with Crippen molar-refractivity contribution in [2.75, 3.05) is 20.6 Å². The first-order chi connectivity index (χ1) is 10.4. The Morgan fingerprint density at radius 3 is 2.73 bits per heavy atom. The molecule has 1 atom stereocenters. The van der Waals surface area contributed by atoms with E-state index in [2.05, 4.69) is 0 Å². The molecular formula is C17H21NO4. The normalized spacial score (nSPS) is 12.6. The number of carbonyl (C=O) groups is 1. The molecule has 2 aromatic rings. The van der Waals surface area contributed by atoms with Crippen molar-refractivity contribution in [1.82, 2.24) is 4.90 Å². The summed E-state index contributed by atoms with van der Waals surface area (Å²) in [4.78, 5) is 26.2. The summed E-state index contributed by atoms with van der Waals surface area (Å²) >= 11 is 0. The van der Waals surface area contributed by atoms with Crippen molar-refractivity contribution >= 4 is 16.9 Å². The molecule has 1 heterocycles. The summed E-state index contributed by atoms with van der Waals surface area (Å²) in [6.07, 6.45) is 0.476. The molecule has 0 amide bonds. The van der Waals surface area contributed by atoms with Crippen molar-refractivity contribution in [3.05, 3.63) is 45.8 Å². The van der Waals surface area contributed by atoms with Crippen molar-refractivity contribution in [3.63, 3.8) is 0 Å². The lowest BCUT2D eigenvalue weighted by atomic mass is 10.1. The first kappa shape index (κ1) is 16.2. The topological polar surface area (TPSA) is 59.8 Å². The Bertz CT molecular complexity index is 733. The summed E-state index contributed by atoms with van der Waals surface area (Å²) < 4.78 is 10.8. The van der Waals surface area contributed by atoms with E-state index in [1.54, 1.807) is 12.1 Å². The lowest BCUT2D eigenvalue weighted by Gasteiger charge is -2.15. The number of carbonyl (C=O) groups excluding carboxylic acids is 1. The molecule has 0 saturated carbocycles. The van der Waals surface area contributed by atoms with Gasteiger partial charge in [0.25, 0.3) is 0 Å². The molecule has 0 fully saturated rings. The highest BCUT2D eigenvalue weighted by atomic mass is 16.6. The molecule has 2 rings (SSSR count). The zero-order valence-electron chi connectivity index (χ0n) is 13.4. The van der Waals surface area contributed by atoms with Crippen molar-refractivity contribution in [3.8, 4) is 0 Å². The van der Waals surface area contributed by atoms with Gasteiger partial charge in [-0.25, -0.2) is 4.79 Å². The van der Waals surface area contributed by atoms with Crippen LogP contribution in [0.2, 0.25) is 0 Å². The minimum absolute atomic E-state index is 0.0574. The molecule has 0 aliphatic carbocycles. The summed E-state index contributed by atoms with van der Waals surface area (Å²) in [7, 11) is 3.91. The van der Waals surface area contributed by atoms with Gasteiger partial charge in [-0.2, -0.15) is 0 Å². The van der Waals surface area contributed by atoms with E-state index in [0.717, 1.165) is 18.5 Å². The van der Waals surface area contributed by atoms with E-state index in [1.807, 2.05) is 38.9 Å². The van der Waals surface area contributed by atoms with Gasteiger partial charge in [0, 0.05) is 12.6 Å². The lowest BCUT2D eigenvalue weighted by Crippen LogP contribution is -2.22. The van der Waals surface area contributed by atoms with Gasteiger partial charge in [-0.15, -0.1) is 0 Å². The van der Waals surface area contributed by atoms with Crippen LogP contribution < -0.4 is 5.43 Å². The zero-order valence-corrected chi connectivity index (χ0v) is 13.4. The smallest absolute Gasteiger partial charge is 0.374 e. The van der Waals surface area contributed by atoms with E-state index in [0.29, 0.717) is 11.0 Å². The van der Waals surface area contributed by atoms with E-state index >= 15 is 0 Å². The van der Waals surface area contributed by atoms with E-state index in [4.69, 9.17) is 9.15 Å². The Morgan fingerprint density at radius 1 is 1.32 bits per heavy atom. The molecular weight excluding hydrogens is 282 g/mol. The first-order valence-electron chi connectivity index (χ1n) is 7.27. The Hall–Kier alpha value is -2.14. The molecule has 1 aromatic carbocycles.